The number of carbonyl (C=O) groups excluding carboxylic acids is 1. The summed E-state index contributed by atoms with van der Waals surface area (Å²) in [5, 5.41) is 0. The van der Waals surface area contributed by atoms with Crippen molar-refractivity contribution in [2.45, 2.75) is 33.3 Å². The maximum atomic E-state index is 12.5. The normalized spacial score (nSPS) is 15.5. The first-order valence-electron chi connectivity index (χ1n) is 8.33. The molecule has 3 heterocycles. The van der Waals surface area contributed by atoms with Crippen molar-refractivity contribution >= 4 is 22.9 Å². The molecule has 0 atom stereocenters. The van der Waals surface area contributed by atoms with Gasteiger partial charge in [-0.2, -0.15) is 0 Å². The van der Waals surface area contributed by atoms with Crippen LogP contribution < -0.4 is 10.5 Å². The molecular formula is C17H23N5O3. The lowest BCUT2D eigenvalue weighted by Gasteiger charge is -2.36. The summed E-state index contributed by atoms with van der Waals surface area (Å²) in [7, 11) is 0. The second-order valence-electron chi connectivity index (χ2n) is 7.14. The number of aryl methyl sites for hydroxylation is 1. The first-order chi connectivity index (χ1) is 11.8. The number of carbonyl (C=O) groups is 1. The number of aromatic nitrogens is 3. The highest BCUT2D eigenvalue weighted by Gasteiger charge is 2.27. The van der Waals surface area contributed by atoms with Crippen LogP contribution in [0.5, 0.6) is 0 Å². The van der Waals surface area contributed by atoms with Crippen molar-refractivity contribution in [2.24, 2.45) is 0 Å². The predicted octanol–water partition coefficient (Wildman–Crippen LogP) is 1.68. The van der Waals surface area contributed by atoms with E-state index in [1.807, 2.05) is 32.6 Å². The number of amides is 1. The number of ether oxygens (including phenoxy) is 1. The highest BCUT2D eigenvalue weighted by atomic mass is 16.6. The van der Waals surface area contributed by atoms with Gasteiger partial charge in [0.2, 0.25) is 0 Å². The zero-order chi connectivity index (χ0) is 18.2. The Hall–Kier alpha value is -2.64. The number of H-pyrrole nitrogens is 1. The van der Waals surface area contributed by atoms with Gasteiger partial charge >= 0.3 is 6.09 Å². The molecule has 1 amide bonds. The number of nitrogens with one attached hydrogen (secondary N) is 1. The van der Waals surface area contributed by atoms with Crippen LogP contribution in [0.4, 0.5) is 10.5 Å². The first-order valence-corrected chi connectivity index (χ1v) is 8.33. The average molecular weight is 345 g/mol. The molecule has 1 fully saturated rings. The van der Waals surface area contributed by atoms with Crippen LogP contribution in [-0.4, -0.2) is 57.7 Å². The molecule has 8 nitrogen and oxygen atoms in total. The molecule has 1 aliphatic heterocycles. The second kappa shape index (κ2) is 6.34. The molecule has 1 saturated heterocycles. The summed E-state index contributed by atoms with van der Waals surface area (Å²) in [6.07, 6.45) is 2.84. The Kier molecular flexibility index (Phi) is 4.36. The van der Waals surface area contributed by atoms with Crippen molar-refractivity contribution in [1.29, 1.82) is 0 Å². The molecule has 0 unspecified atom stereocenters. The molecule has 1 aliphatic rings. The molecular weight excluding hydrogens is 322 g/mol. The van der Waals surface area contributed by atoms with Gasteiger partial charge in [0.05, 0.1) is 0 Å². The third kappa shape index (κ3) is 3.57. The minimum Gasteiger partial charge on any atom is -0.444 e. The Balaban J connectivity index is 1.79. The van der Waals surface area contributed by atoms with Crippen LogP contribution in [0.3, 0.4) is 0 Å². The van der Waals surface area contributed by atoms with E-state index in [-0.39, 0.29) is 11.7 Å². The van der Waals surface area contributed by atoms with Crippen molar-refractivity contribution in [2.75, 3.05) is 31.1 Å². The number of fused-ring (bicyclic) bond motifs is 1. The highest BCUT2D eigenvalue weighted by molar-refractivity contribution is 5.79. The van der Waals surface area contributed by atoms with Gasteiger partial charge in [-0.15, -0.1) is 0 Å². The zero-order valence-electron chi connectivity index (χ0n) is 15.0. The highest BCUT2D eigenvalue weighted by Crippen LogP contribution is 2.22. The second-order valence-corrected chi connectivity index (χ2v) is 7.14. The van der Waals surface area contributed by atoms with Gasteiger partial charge < -0.3 is 19.5 Å². The molecule has 0 saturated carbocycles. The maximum Gasteiger partial charge on any atom is 0.410 e. The third-order valence-corrected chi connectivity index (χ3v) is 4.10. The lowest BCUT2D eigenvalue weighted by atomic mass is 10.1. The summed E-state index contributed by atoms with van der Waals surface area (Å²) >= 11 is 0. The van der Waals surface area contributed by atoms with Gasteiger partial charge in [-0.05, 0) is 27.7 Å². The number of piperazine rings is 1. The van der Waals surface area contributed by atoms with Gasteiger partial charge in [0.25, 0.3) is 5.56 Å². The molecule has 134 valence electrons. The fourth-order valence-corrected chi connectivity index (χ4v) is 2.97. The summed E-state index contributed by atoms with van der Waals surface area (Å²) in [6, 6.07) is 0. The van der Waals surface area contributed by atoms with Crippen molar-refractivity contribution in [3.8, 4) is 0 Å². The quantitative estimate of drug-likeness (QED) is 0.845. The number of hydrogen-bond acceptors (Lipinski definition) is 6. The van der Waals surface area contributed by atoms with Crippen LogP contribution in [0.15, 0.2) is 17.2 Å². The van der Waals surface area contributed by atoms with Crippen LogP contribution in [0.1, 0.15) is 26.3 Å². The van der Waals surface area contributed by atoms with E-state index in [0.717, 1.165) is 5.56 Å². The van der Waals surface area contributed by atoms with Gasteiger partial charge in [-0.3, -0.25) is 9.78 Å². The molecule has 0 radical (unpaired) electrons. The topological polar surface area (TPSA) is 91.4 Å². The molecule has 0 aromatic carbocycles. The summed E-state index contributed by atoms with van der Waals surface area (Å²) in [5.41, 5.74) is 1.87. The van der Waals surface area contributed by atoms with Crippen LogP contribution >= 0.6 is 0 Å². The number of nitrogens with zero attached hydrogens (tertiary/aromatic N) is 4. The minimum atomic E-state index is -0.515. The third-order valence-electron chi connectivity index (χ3n) is 4.10. The van der Waals surface area contributed by atoms with Crippen LogP contribution in [0.25, 0.3) is 11.2 Å². The Morgan fingerprint density at radius 2 is 1.80 bits per heavy atom. The van der Waals surface area contributed by atoms with Gasteiger partial charge in [-0.1, -0.05) is 0 Å². The smallest absolute Gasteiger partial charge is 0.410 e. The van der Waals surface area contributed by atoms with Gasteiger partial charge in [-0.25, -0.2) is 9.78 Å². The molecule has 0 aliphatic carbocycles. The average Bonchev–Trinajstić information content (AvgIpc) is 2.54. The van der Waals surface area contributed by atoms with E-state index in [2.05, 4.69) is 15.0 Å². The van der Waals surface area contributed by atoms with E-state index in [1.54, 1.807) is 17.3 Å². The molecule has 8 heteroatoms. The van der Waals surface area contributed by atoms with Crippen LogP contribution in [0.2, 0.25) is 0 Å². The maximum absolute atomic E-state index is 12.5. The Bertz CT molecular complexity index is 847. The van der Waals surface area contributed by atoms with E-state index in [1.165, 1.54) is 0 Å². The number of rotatable bonds is 1. The van der Waals surface area contributed by atoms with Crippen molar-refractivity contribution in [3.63, 3.8) is 0 Å². The standard InChI is InChI=1S/C17H23N5O3/c1-11-12-14(19-6-5-18-12)20-15(23)13(11)21-7-9-22(10-8-21)16(24)25-17(2,3)4/h5-6H,7-10H2,1-4H3,(H,19,20,23). The lowest BCUT2D eigenvalue weighted by molar-refractivity contribution is 0.0240. The molecule has 3 rings (SSSR count). The predicted molar refractivity (Wildman–Crippen MR) is 94.9 cm³/mol. The molecule has 25 heavy (non-hydrogen) atoms. The zero-order valence-corrected chi connectivity index (χ0v) is 15.0. The number of aromatic amines is 1. The van der Waals surface area contributed by atoms with E-state index >= 15 is 0 Å². The van der Waals surface area contributed by atoms with Crippen molar-refractivity contribution < 1.29 is 9.53 Å². The molecule has 2 aromatic heterocycles. The minimum absolute atomic E-state index is 0.184. The van der Waals surface area contributed by atoms with Gasteiger partial charge in [0, 0.05) is 44.1 Å². The van der Waals surface area contributed by atoms with Gasteiger partial charge in [0.1, 0.15) is 16.8 Å². The number of pyridine rings is 1. The molecule has 2 aromatic rings. The largest absolute Gasteiger partial charge is 0.444 e. The molecule has 0 bridgehead atoms. The van der Waals surface area contributed by atoms with Crippen molar-refractivity contribution in [1.82, 2.24) is 19.9 Å². The van der Waals surface area contributed by atoms with Crippen molar-refractivity contribution in [3.05, 3.63) is 28.3 Å². The number of anilines is 1. The van der Waals surface area contributed by atoms with Crippen LogP contribution in [-0.2, 0) is 4.74 Å². The Morgan fingerprint density at radius 1 is 1.16 bits per heavy atom. The van der Waals surface area contributed by atoms with E-state index in [4.69, 9.17) is 4.74 Å². The summed E-state index contributed by atoms with van der Waals surface area (Å²) < 4.78 is 5.41. The van der Waals surface area contributed by atoms with E-state index in [9.17, 15) is 9.59 Å². The number of hydrogen-bond donors (Lipinski definition) is 1. The fourth-order valence-electron chi connectivity index (χ4n) is 2.97. The summed E-state index contributed by atoms with van der Waals surface area (Å²) in [6.45, 7) is 9.56. The molecule has 0 spiro atoms. The Morgan fingerprint density at radius 3 is 2.44 bits per heavy atom. The van der Waals surface area contributed by atoms with E-state index in [0.29, 0.717) is 43.0 Å². The van der Waals surface area contributed by atoms with E-state index < -0.39 is 5.60 Å². The monoisotopic (exact) mass is 345 g/mol. The van der Waals surface area contributed by atoms with Crippen LogP contribution in [0, 0.1) is 6.92 Å². The van der Waals surface area contributed by atoms with Gasteiger partial charge in [0.15, 0.2) is 5.65 Å². The fraction of sp³-hybridized carbons (Fsp3) is 0.529. The first kappa shape index (κ1) is 17.2. The lowest BCUT2D eigenvalue weighted by Crippen LogP contribution is -2.51. The molecule has 1 N–H and O–H groups in total. The summed E-state index contributed by atoms with van der Waals surface area (Å²) in [4.78, 5) is 39.6. The summed E-state index contributed by atoms with van der Waals surface area (Å²) in [5.74, 6) is 0. The Labute approximate surface area is 145 Å². The SMILES string of the molecule is Cc1c(N2CCN(C(=O)OC(C)(C)C)CC2)c(=O)[nH]c2nccnc12.